The van der Waals surface area contributed by atoms with Crippen molar-refractivity contribution in [1.82, 2.24) is 9.59 Å². The van der Waals surface area contributed by atoms with Gasteiger partial charge in [0.15, 0.2) is 5.78 Å². The molecule has 0 aromatic carbocycles. The van der Waals surface area contributed by atoms with Gasteiger partial charge in [0.1, 0.15) is 4.88 Å². The Bertz CT molecular complexity index is 392. The molecule has 3 nitrogen and oxygen atoms in total. The van der Waals surface area contributed by atoms with Crippen molar-refractivity contribution in [3.05, 3.63) is 10.6 Å². The number of aromatic nitrogens is 2. The summed E-state index contributed by atoms with van der Waals surface area (Å²) >= 11 is 1.27. The molecule has 1 aromatic heterocycles. The van der Waals surface area contributed by atoms with Crippen LogP contribution in [0.1, 0.15) is 67.7 Å². The van der Waals surface area contributed by atoms with Crippen LogP contribution in [0.15, 0.2) is 0 Å². The van der Waals surface area contributed by atoms with Crippen molar-refractivity contribution in [3.63, 3.8) is 0 Å². The van der Waals surface area contributed by atoms with E-state index in [4.69, 9.17) is 0 Å². The molecule has 17 heavy (non-hydrogen) atoms. The number of Topliss-reactive ketones (excluding diaryl/α,β-unsaturated/α-hetero) is 1. The highest BCUT2D eigenvalue weighted by Gasteiger charge is 2.29. The van der Waals surface area contributed by atoms with Gasteiger partial charge in [-0.3, -0.25) is 4.79 Å². The molecule has 4 heteroatoms. The molecule has 1 saturated carbocycles. The lowest BCUT2D eigenvalue weighted by molar-refractivity contribution is 0.0878. The van der Waals surface area contributed by atoms with Gasteiger partial charge in [-0.2, -0.15) is 0 Å². The number of carbonyl (C=O) groups is 1. The molecule has 0 N–H and O–H groups in total. The van der Waals surface area contributed by atoms with Crippen molar-refractivity contribution in [1.29, 1.82) is 0 Å². The van der Waals surface area contributed by atoms with E-state index in [1.54, 1.807) is 0 Å². The highest BCUT2D eigenvalue weighted by atomic mass is 32.1. The lowest BCUT2D eigenvalue weighted by atomic mass is 9.80. The summed E-state index contributed by atoms with van der Waals surface area (Å²) in [6.07, 6.45) is 4.43. The van der Waals surface area contributed by atoms with E-state index in [1.807, 2.05) is 0 Å². The van der Waals surface area contributed by atoms with Gasteiger partial charge in [-0.1, -0.05) is 38.1 Å². The predicted octanol–water partition coefficient (Wildman–Crippen LogP) is 3.67. The van der Waals surface area contributed by atoms with Gasteiger partial charge in [0.05, 0.1) is 5.69 Å². The molecule has 0 radical (unpaired) electrons. The van der Waals surface area contributed by atoms with Crippen LogP contribution in [0.3, 0.4) is 0 Å². The van der Waals surface area contributed by atoms with E-state index in [9.17, 15) is 4.79 Å². The minimum atomic E-state index is 0.214. The van der Waals surface area contributed by atoms with E-state index in [0.29, 0.717) is 0 Å². The van der Waals surface area contributed by atoms with Crippen LogP contribution in [0, 0.1) is 11.8 Å². The topological polar surface area (TPSA) is 42.9 Å². The lowest BCUT2D eigenvalue weighted by Gasteiger charge is -2.24. The third-order valence-corrected chi connectivity index (χ3v) is 4.43. The van der Waals surface area contributed by atoms with E-state index in [-0.39, 0.29) is 17.6 Å². The van der Waals surface area contributed by atoms with Gasteiger partial charge in [0.2, 0.25) is 0 Å². The van der Waals surface area contributed by atoms with E-state index in [1.165, 1.54) is 24.4 Å². The SMILES string of the molecule is CC1CCC(C(=O)c2snnc2C(C)C)CC1. The predicted molar refractivity (Wildman–Crippen MR) is 69.5 cm³/mol. The fourth-order valence-corrected chi connectivity index (χ4v) is 3.29. The van der Waals surface area contributed by atoms with Crippen LogP contribution in [0.25, 0.3) is 0 Å². The molecule has 1 aliphatic carbocycles. The fraction of sp³-hybridized carbons (Fsp3) is 0.769. The first-order chi connectivity index (χ1) is 8.09. The largest absolute Gasteiger partial charge is 0.293 e. The maximum Gasteiger partial charge on any atom is 0.179 e. The van der Waals surface area contributed by atoms with Crippen molar-refractivity contribution in [2.24, 2.45) is 11.8 Å². The first-order valence-corrected chi connectivity index (χ1v) is 7.23. The van der Waals surface area contributed by atoms with E-state index >= 15 is 0 Å². The van der Waals surface area contributed by atoms with E-state index in [0.717, 1.165) is 29.3 Å². The smallest absolute Gasteiger partial charge is 0.179 e. The van der Waals surface area contributed by atoms with Crippen LogP contribution in [0.2, 0.25) is 0 Å². The van der Waals surface area contributed by atoms with Gasteiger partial charge in [-0.15, -0.1) is 5.10 Å². The number of nitrogens with zero attached hydrogens (tertiary/aromatic N) is 2. The van der Waals surface area contributed by atoms with Crippen LogP contribution in [0.5, 0.6) is 0 Å². The Kier molecular flexibility index (Phi) is 3.92. The van der Waals surface area contributed by atoms with Crippen molar-refractivity contribution in [2.75, 3.05) is 0 Å². The second kappa shape index (κ2) is 5.25. The third-order valence-electron chi connectivity index (χ3n) is 3.67. The normalized spacial score (nSPS) is 25.2. The monoisotopic (exact) mass is 252 g/mol. The fourth-order valence-electron chi connectivity index (χ4n) is 2.45. The van der Waals surface area contributed by atoms with E-state index < -0.39 is 0 Å². The second-order valence-electron chi connectivity index (χ2n) is 5.46. The van der Waals surface area contributed by atoms with E-state index in [2.05, 4.69) is 30.4 Å². The van der Waals surface area contributed by atoms with Gasteiger partial charge >= 0.3 is 0 Å². The summed E-state index contributed by atoms with van der Waals surface area (Å²) in [6, 6.07) is 0. The summed E-state index contributed by atoms with van der Waals surface area (Å²) < 4.78 is 3.95. The standard InChI is InChI=1S/C13H20N2OS/c1-8(2)11-13(17-15-14-11)12(16)10-6-4-9(3)5-7-10/h8-10H,4-7H2,1-3H3. The molecule has 1 heterocycles. The highest BCUT2D eigenvalue weighted by Crippen LogP contribution is 2.32. The van der Waals surface area contributed by atoms with Crippen molar-refractivity contribution in [2.45, 2.75) is 52.4 Å². The van der Waals surface area contributed by atoms with Gasteiger partial charge < -0.3 is 0 Å². The second-order valence-corrected chi connectivity index (χ2v) is 6.22. The lowest BCUT2D eigenvalue weighted by Crippen LogP contribution is -2.21. The Hall–Kier alpha value is -0.770. The Morgan fingerprint density at radius 3 is 2.53 bits per heavy atom. The average molecular weight is 252 g/mol. The molecule has 0 aliphatic heterocycles. The van der Waals surface area contributed by atoms with Crippen molar-refractivity contribution >= 4 is 17.3 Å². The molecule has 1 aliphatic rings. The maximum absolute atomic E-state index is 12.4. The minimum absolute atomic E-state index is 0.214. The minimum Gasteiger partial charge on any atom is -0.293 e. The first kappa shape index (κ1) is 12.7. The molecule has 2 rings (SSSR count). The molecule has 1 aromatic rings. The molecule has 94 valence electrons. The quantitative estimate of drug-likeness (QED) is 0.771. The Labute approximate surface area is 107 Å². The summed E-state index contributed by atoms with van der Waals surface area (Å²) in [4.78, 5) is 13.2. The van der Waals surface area contributed by atoms with Gasteiger partial charge in [-0.25, -0.2) is 0 Å². The first-order valence-electron chi connectivity index (χ1n) is 6.46. The Morgan fingerprint density at radius 2 is 1.94 bits per heavy atom. The molecule has 0 spiro atoms. The summed E-state index contributed by atoms with van der Waals surface area (Å²) in [5.41, 5.74) is 0.888. The molecule has 1 fully saturated rings. The van der Waals surface area contributed by atoms with Crippen LogP contribution in [0.4, 0.5) is 0 Å². The summed E-state index contributed by atoms with van der Waals surface area (Å²) in [7, 11) is 0. The van der Waals surface area contributed by atoms with Crippen molar-refractivity contribution < 1.29 is 4.79 Å². The number of ketones is 1. The number of hydrogen-bond donors (Lipinski definition) is 0. The van der Waals surface area contributed by atoms with Crippen molar-refractivity contribution in [3.8, 4) is 0 Å². The summed E-state index contributed by atoms with van der Waals surface area (Å²) in [5, 5.41) is 4.09. The number of carbonyl (C=O) groups excluding carboxylic acids is 1. The van der Waals surface area contributed by atoms with Crippen LogP contribution in [-0.4, -0.2) is 15.4 Å². The Morgan fingerprint density at radius 1 is 1.29 bits per heavy atom. The molecule has 0 bridgehead atoms. The highest BCUT2D eigenvalue weighted by molar-refractivity contribution is 7.08. The summed E-state index contributed by atoms with van der Waals surface area (Å²) in [5.74, 6) is 1.57. The zero-order valence-electron chi connectivity index (χ0n) is 10.8. The zero-order chi connectivity index (χ0) is 12.4. The number of hydrogen-bond acceptors (Lipinski definition) is 4. The number of rotatable bonds is 3. The van der Waals surface area contributed by atoms with Crippen LogP contribution < -0.4 is 0 Å². The molecular formula is C13H20N2OS. The third kappa shape index (κ3) is 2.73. The van der Waals surface area contributed by atoms with Gasteiger partial charge in [0, 0.05) is 5.92 Å². The maximum atomic E-state index is 12.4. The molecule has 0 unspecified atom stereocenters. The van der Waals surface area contributed by atoms with Gasteiger partial charge in [-0.05, 0) is 36.2 Å². The molecule has 0 atom stereocenters. The zero-order valence-corrected chi connectivity index (χ0v) is 11.6. The van der Waals surface area contributed by atoms with Crippen LogP contribution >= 0.6 is 11.5 Å². The Balaban J connectivity index is 2.11. The molecular weight excluding hydrogens is 232 g/mol. The average Bonchev–Trinajstić information content (AvgIpc) is 2.78. The molecule has 0 amide bonds. The van der Waals surface area contributed by atoms with Gasteiger partial charge in [0.25, 0.3) is 0 Å². The summed E-state index contributed by atoms with van der Waals surface area (Å²) in [6.45, 7) is 6.40. The molecule has 0 saturated heterocycles. The van der Waals surface area contributed by atoms with Crippen LogP contribution in [-0.2, 0) is 0 Å².